The third-order valence-electron chi connectivity index (χ3n) is 3.51. The largest absolute Gasteiger partial charge is 0.269 e. The van der Waals surface area contributed by atoms with Gasteiger partial charge in [-0.25, -0.2) is 12.4 Å². The molecule has 0 saturated heterocycles. The standard InChI is InChI=1S/C16H14ClNO2S/c1-2-13-14-10-6-7-11-15(14)18(16(13)17)21(19,20)12-8-4-3-5-9-12/h3-11H,2H2,1H3. The van der Waals surface area contributed by atoms with Gasteiger partial charge in [-0.1, -0.05) is 54.9 Å². The van der Waals surface area contributed by atoms with Gasteiger partial charge in [0, 0.05) is 5.39 Å². The summed E-state index contributed by atoms with van der Waals surface area (Å²) in [5.74, 6) is 0. The number of fused-ring (bicyclic) bond motifs is 1. The van der Waals surface area contributed by atoms with Gasteiger partial charge in [-0.3, -0.25) is 0 Å². The van der Waals surface area contributed by atoms with Gasteiger partial charge in [0.1, 0.15) is 5.15 Å². The molecule has 0 atom stereocenters. The highest BCUT2D eigenvalue weighted by atomic mass is 35.5. The van der Waals surface area contributed by atoms with Gasteiger partial charge < -0.3 is 0 Å². The van der Waals surface area contributed by atoms with E-state index in [4.69, 9.17) is 11.6 Å². The maximum Gasteiger partial charge on any atom is 0.269 e. The maximum atomic E-state index is 12.9. The van der Waals surface area contributed by atoms with Crippen molar-refractivity contribution < 1.29 is 8.42 Å². The van der Waals surface area contributed by atoms with Gasteiger partial charge in [-0.2, -0.15) is 0 Å². The van der Waals surface area contributed by atoms with Crippen LogP contribution in [0.4, 0.5) is 0 Å². The molecule has 0 N–H and O–H groups in total. The summed E-state index contributed by atoms with van der Waals surface area (Å²) in [5, 5.41) is 1.15. The van der Waals surface area contributed by atoms with Crippen molar-refractivity contribution in [3.63, 3.8) is 0 Å². The highest BCUT2D eigenvalue weighted by molar-refractivity contribution is 7.90. The molecule has 0 unspecified atom stereocenters. The lowest BCUT2D eigenvalue weighted by atomic mass is 10.1. The second-order valence-electron chi connectivity index (χ2n) is 4.72. The molecular formula is C16H14ClNO2S. The van der Waals surface area contributed by atoms with Crippen molar-refractivity contribution >= 4 is 32.5 Å². The van der Waals surface area contributed by atoms with Crippen LogP contribution in [0.3, 0.4) is 0 Å². The van der Waals surface area contributed by atoms with Crippen molar-refractivity contribution in [3.8, 4) is 0 Å². The highest BCUT2D eigenvalue weighted by Gasteiger charge is 2.24. The number of halogens is 1. The second kappa shape index (κ2) is 5.20. The smallest absolute Gasteiger partial charge is 0.223 e. The second-order valence-corrected chi connectivity index (χ2v) is 6.87. The zero-order valence-corrected chi connectivity index (χ0v) is 13.0. The lowest BCUT2D eigenvalue weighted by molar-refractivity contribution is 0.589. The molecule has 1 heterocycles. The Labute approximate surface area is 128 Å². The van der Waals surface area contributed by atoms with Crippen LogP contribution in [0.5, 0.6) is 0 Å². The van der Waals surface area contributed by atoms with Crippen LogP contribution in [0.15, 0.2) is 59.5 Å². The maximum absolute atomic E-state index is 12.9. The monoisotopic (exact) mass is 319 g/mol. The lowest BCUT2D eigenvalue weighted by Crippen LogP contribution is -2.13. The number of nitrogens with zero attached hydrogens (tertiary/aromatic N) is 1. The Bertz CT molecular complexity index is 899. The van der Waals surface area contributed by atoms with Crippen LogP contribution in [0.1, 0.15) is 12.5 Å². The van der Waals surface area contributed by atoms with Crippen LogP contribution < -0.4 is 0 Å². The molecule has 3 rings (SSSR count). The molecule has 0 spiro atoms. The average molecular weight is 320 g/mol. The Balaban J connectivity index is 2.39. The molecule has 2 aromatic carbocycles. The minimum Gasteiger partial charge on any atom is -0.223 e. The minimum absolute atomic E-state index is 0.232. The molecule has 21 heavy (non-hydrogen) atoms. The highest BCUT2D eigenvalue weighted by Crippen LogP contribution is 2.33. The summed E-state index contributed by atoms with van der Waals surface area (Å²) in [4.78, 5) is 0.232. The normalized spacial score (nSPS) is 11.9. The molecule has 0 aliphatic heterocycles. The Morgan fingerprint density at radius 3 is 2.29 bits per heavy atom. The summed E-state index contributed by atoms with van der Waals surface area (Å²) in [6, 6.07) is 15.7. The van der Waals surface area contributed by atoms with E-state index in [2.05, 4.69) is 0 Å². The molecule has 3 aromatic rings. The topological polar surface area (TPSA) is 39.1 Å². The van der Waals surface area contributed by atoms with E-state index in [1.54, 1.807) is 36.4 Å². The molecule has 0 aliphatic carbocycles. The number of benzene rings is 2. The van der Waals surface area contributed by atoms with Crippen LogP contribution in [0.25, 0.3) is 10.9 Å². The lowest BCUT2D eigenvalue weighted by Gasteiger charge is -2.09. The number of aromatic nitrogens is 1. The van der Waals surface area contributed by atoms with Crippen molar-refractivity contribution in [3.05, 3.63) is 65.3 Å². The third-order valence-corrected chi connectivity index (χ3v) is 5.74. The number of hydrogen-bond donors (Lipinski definition) is 0. The van der Waals surface area contributed by atoms with Crippen LogP contribution in [-0.2, 0) is 16.4 Å². The van der Waals surface area contributed by atoms with Crippen LogP contribution in [0.2, 0.25) is 5.15 Å². The van der Waals surface area contributed by atoms with Crippen molar-refractivity contribution in [1.29, 1.82) is 0 Å². The number of aryl methyl sites for hydroxylation is 1. The number of hydrogen-bond acceptors (Lipinski definition) is 2. The Morgan fingerprint density at radius 2 is 1.62 bits per heavy atom. The van der Waals surface area contributed by atoms with Crippen LogP contribution in [0, 0.1) is 0 Å². The fourth-order valence-corrected chi connectivity index (χ4v) is 4.56. The van der Waals surface area contributed by atoms with E-state index in [1.165, 1.54) is 3.97 Å². The van der Waals surface area contributed by atoms with E-state index in [1.807, 2.05) is 25.1 Å². The summed E-state index contributed by atoms with van der Waals surface area (Å²) in [5.41, 5.74) is 1.47. The summed E-state index contributed by atoms with van der Waals surface area (Å²) in [6.45, 7) is 1.97. The fraction of sp³-hybridized carbons (Fsp3) is 0.125. The number of rotatable bonds is 3. The first-order valence-corrected chi connectivity index (χ1v) is 8.47. The Morgan fingerprint density at radius 1 is 1.00 bits per heavy atom. The third kappa shape index (κ3) is 2.15. The molecule has 0 aliphatic rings. The summed E-state index contributed by atoms with van der Waals surface area (Å²) in [7, 11) is -3.70. The zero-order valence-electron chi connectivity index (χ0n) is 11.5. The summed E-state index contributed by atoms with van der Waals surface area (Å²) >= 11 is 6.37. The first kappa shape index (κ1) is 14.2. The summed E-state index contributed by atoms with van der Waals surface area (Å²) < 4.78 is 27.0. The molecule has 0 bridgehead atoms. The van der Waals surface area contributed by atoms with Gasteiger partial charge in [0.25, 0.3) is 10.0 Å². The summed E-state index contributed by atoms with van der Waals surface area (Å²) in [6.07, 6.45) is 0.677. The van der Waals surface area contributed by atoms with Gasteiger partial charge >= 0.3 is 0 Å². The average Bonchev–Trinajstić information content (AvgIpc) is 2.80. The molecule has 3 nitrogen and oxygen atoms in total. The van der Waals surface area contributed by atoms with Crippen molar-refractivity contribution in [2.75, 3.05) is 0 Å². The Kier molecular flexibility index (Phi) is 3.51. The SMILES string of the molecule is CCc1c(Cl)n(S(=O)(=O)c2ccccc2)c2ccccc12. The van der Waals surface area contributed by atoms with Crippen LogP contribution >= 0.6 is 11.6 Å². The van der Waals surface area contributed by atoms with Gasteiger partial charge in [0.2, 0.25) is 0 Å². The van der Waals surface area contributed by atoms with E-state index in [9.17, 15) is 8.42 Å². The van der Waals surface area contributed by atoms with Gasteiger partial charge in [-0.15, -0.1) is 0 Å². The molecule has 0 saturated carbocycles. The molecule has 5 heteroatoms. The van der Waals surface area contributed by atoms with Gasteiger partial charge in [0.05, 0.1) is 10.4 Å². The predicted molar refractivity (Wildman–Crippen MR) is 85.4 cm³/mol. The number of para-hydroxylation sites is 1. The van der Waals surface area contributed by atoms with E-state index in [0.29, 0.717) is 11.9 Å². The quantitative estimate of drug-likeness (QED) is 0.729. The first-order chi connectivity index (χ1) is 10.1. The van der Waals surface area contributed by atoms with Gasteiger partial charge in [0.15, 0.2) is 0 Å². The fourth-order valence-electron chi connectivity index (χ4n) is 2.51. The van der Waals surface area contributed by atoms with Crippen LogP contribution in [-0.4, -0.2) is 12.4 Å². The zero-order chi connectivity index (χ0) is 15.0. The van der Waals surface area contributed by atoms with Gasteiger partial charge in [-0.05, 0) is 30.2 Å². The van der Waals surface area contributed by atoms with Crippen molar-refractivity contribution in [2.24, 2.45) is 0 Å². The minimum atomic E-state index is -3.70. The molecule has 1 aromatic heterocycles. The Hall–Kier alpha value is -1.78. The molecule has 0 fully saturated rings. The molecular weight excluding hydrogens is 306 g/mol. The van der Waals surface area contributed by atoms with Crippen molar-refractivity contribution in [1.82, 2.24) is 3.97 Å². The molecule has 0 radical (unpaired) electrons. The first-order valence-electron chi connectivity index (χ1n) is 6.65. The molecule has 108 valence electrons. The predicted octanol–water partition coefficient (Wildman–Crippen LogP) is 4.09. The van der Waals surface area contributed by atoms with Crippen molar-refractivity contribution in [2.45, 2.75) is 18.2 Å². The van der Waals surface area contributed by atoms with E-state index < -0.39 is 10.0 Å². The van der Waals surface area contributed by atoms with E-state index in [-0.39, 0.29) is 10.0 Å². The van der Waals surface area contributed by atoms with E-state index in [0.717, 1.165) is 10.9 Å². The van der Waals surface area contributed by atoms with E-state index >= 15 is 0 Å². The molecule has 0 amide bonds.